The predicted molar refractivity (Wildman–Crippen MR) is 48.1 cm³/mol. The fourth-order valence-electron chi connectivity index (χ4n) is 1.94. The molecule has 1 saturated carbocycles. The minimum absolute atomic E-state index is 0.286. The maximum Gasteiger partial charge on any atom is 0.135 e. The van der Waals surface area contributed by atoms with Crippen molar-refractivity contribution in [2.24, 2.45) is 5.92 Å². The van der Waals surface area contributed by atoms with Crippen LogP contribution in [0.15, 0.2) is 0 Å². The van der Waals surface area contributed by atoms with E-state index in [1.54, 1.807) is 7.11 Å². The molecule has 1 rings (SSSR count). The van der Waals surface area contributed by atoms with E-state index in [1.165, 1.54) is 0 Å². The summed E-state index contributed by atoms with van der Waals surface area (Å²) in [4.78, 5) is 11.4. The summed E-state index contributed by atoms with van der Waals surface area (Å²) < 4.78 is 5.26. The molecule has 1 aliphatic rings. The summed E-state index contributed by atoms with van der Waals surface area (Å²) in [6.45, 7) is 1.94. The summed E-state index contributed by atoms with van der Waals surface area (Å²) in [6, 6.07) is 0. The summed E-state index contributed by atoms with van der Waals surface area (Å²) in [5.41, 5.74) is 0. The summed E-state index contributed by atoms with van der Waals surface area (Å²) in [6.07, 6.45) is 5.31. The van der Waals surface area contributed by atoms with Crippen molar-refractivity contribution in [3.8, 4) is 0 Å². The molecule has 2 unspecified atom stereocenters. The Hall–Kier alpha value is -0.370. The lowest BCUT2D eigenvalue weighted by Gasteiger charge is -2.26. The Morgan fingerprint density at radius 1 is 1.50 bits per heavy atom. The first-order chi connectivity index (χ1) is 5.77. The standard InChI is InChI=1S/C10H18O2/c1-3-10(11)8-5-4-6-9(7-8)12-2/h8-9H,3-7H2,1-2H3. The zero-order valence-electron chi connectivity index (χ0n) is 8.01. The number of carbonyl (C=O) groups is 1. The Bertz CT molecular complexity index is 154. The van der Waals surface area contributed by atoms with Gasteiger partial charge >= 0.3 is 0 Å². The fraction of sp³-hybridized carbons (Fsp3) is 0.900. The van der Waals surface area contributed by atoms with Gasteiger partial charge in [-0.25, -0.2) is 0 Å². The topological polar surface area (TPSA) is 26.3 Å². The average molecular weight is 170 g/mol. The number of Topliss-reactive ketones (excluding diaryl/α,β-unsaturated/α-hetero) is 1. The van der Waals surface area contributed by atoms with Crippen LogP contribution in [0.5, 0.6) is 0 Å². The molecule has 0 heterocycles. The molecule has 2 nitrogen and oxygen atoms in total. The van der Waals surface area contributed by atoms with Crippen molar-refractivity contribution in [2.75, 3.05) is 7.11 Å². The Morgan fingerprint density at radius 3 is 2.83 bits per heavy atom. The second-order valence-electron chi connectivity index (χ2n) is 3.54. The van der Waals surface area contributed by atoms with Crippen molar-refractivity contribution in [1.29, 1.82) is 0 Å². The molecule has 0 aromatic heterocycles. The maximum atomic E-state index is 11.4. The van der Waals surface area contributed by atoms with Gasteiger partial charge < -0.3 is 4.74 Å². The molecule has 0 amide bonds. The first kappa shape index (κ1) is 9.72. The highest BCUT2D eigenvalue weighted by atomic mass is 16.5. The number of hydrogen-bond acceptors (Lipinski definition) is 2. The highest BCUT2D eigenvalue weighted by Gasteiger charge is 2.25. The van der Waals surface area contributed by atoms with E-state index in [0.29, 0.717) is 18.3 Å². The molecule has 0 saturated heterocycles. The van der Waals surface area contributed by atoms with Crippen LogP contribution in [0.1, 0.15) is 39.0 Å². The van der Waals surface area contributed by atoms with E-state index in [1.807, 2.05) is 6.92 Å². The highest BCUT2D eigenvalue weighted by molar-refractivity contribution is 5.80. The van der Waals surface area contributed by atoms with Crippen LogP contribution in [-0.4, -0.2) is 19.0 Å². The molecule has 0 bridgehead atoms. The summed E-state index contributed by atoms with van der Waals surface area (Å²) in [5, 5.41) is 0. The molecule has 1 fully saturated rings. The average Bonchev–Trinajstić information content (AvgIpc) is 2.17. The normalized spacial score (nSPS) is 30.2. The van der Waals surface area contributed by atoms with Crippen LogP contribution in [0.2, 0.25) is 0 Å². The quantitative estimate of drug-likeness (QED) is 0.649. The van der Waals surface area contributed by atoms with Crippen LogP contribution in [0.4, 0.5) is 0 Å². The van der Waals surface area contributed by atoms with Crippen LogP contribution < -0.4 is 0 Å². The Labute approximate surface area is 74.3 Å². The van der Waals surface area contributed by atoms with Gasteiger partial charge in [-0.05, 0) is 19.3 Å². The van der Waals surface area contributed by atoms with Crippen molar-refractivity contribution in [3.63, 3.8) is 0 Å². The molecule has 0 aliphatic heterocycles. The largest absolute Gasteiger partial charge is 0.381 e. The molecule has 0 aromatic carbocycles. The Kier molecular flexibility index (Phi) is 3.73. The minimum Gasteiger partial charge on any atom is -0.381 e. The van der Waals surface area contributed by atoms with E-state index >= 15 is 0 Å². The third-order valence-corrected chi connectivity index (χ3v) is 2.76. The Balaban J connectivity index is 2.40. The lowest BCUT2D eigenvalue weighted by atomic mass is 9.84. The van der Waals surface area contributed by atoms with Gasteiger partial charge in [-0.15, -0.1) is 0 Å². The first-order valence-electron chi connectivity index (χ1n) is 4.83. The van der Waals surface area contributed by atoms with E-state index in [4.69, 9.17) is 4.74 Å². The second-order valence-corrected chi connectivity index (χ2v) is 3.54. The number of methoxy groups -OCH3 is 1. The monoisotopic (exact) mass is 170 g/mol. The molecular weight excluding hydrogens is 152 g/mol. The van der Waals surface area contributed by atoms with Crippen molar-refractivity contribution >= 4 is 5.78 Å². The third-order valence-electron chi connectivity index (χ3n) is 2.76. The van der Waals surface area contributed by atoms with E-state index < -0.39 is 0 Å². The van der Waals surface area contributed by atoms with Crippen molar-refractivity contribution < 1.29 is 9.53 Å². The number of hydrogen-bond donors (Lipinski definition) is 0. The zero-order valence-corrected chi connectivity index (χ0v) is 8.01. The number of ether oxygens (including phenoxy) is 1. The Morgan fingerprint density at radius 2 is 2.25 bits per heavy atom. The van der Waals surface area contributed by atoms with Gasteiger partial charge in [-0.1, -0.05) is 13.3 Å². The second kappa shape index (κ2) is 4.61. The minimum atomic E-state index is 0.286. The van der Waals surface area contributed by atoms with E-state index in [9.17, 15) is 4.79 Å². The molecule has 2 atom stereocenters. The number of ketones is 1. The van der Waals surface area contributed by atoms with Gasteiger partial charge in [0.15, 0.2) is 0 Å². The van der Waals surface area contributed by atoms with Gasteiger partial charge in [0.05, 0.1) is 6.10 Å². The number of rotatable bonds is 3. The van der Waals surface area contributed by atoms with Crippen LogP contribution in [-0.2, 0) is 9.53 Å². The van der Waals surface area contributed by atoms with E-state index in [0.717, 1.165) is 25.7 Å². The van der Waals surface area contributed by atoms with Crippen LogP contribution in [0.25, 0.3) is 0 Å². The van der Waals surface area contributed by atoms with Crippen molar-refractivity contribution in [1.82, 2.24) is 0 Å². The van der Waals surface area contributed by atoms with Gasteiger partial charge in [0, 0.05) is 19.4 Å². The maximum absolute atomic E-state index is 11.4. The van der Waals surface area contributed by atoms with Gasteiger partial charge in [0.25, 0.3) is 0 Å². The van der Waals surface area contributed by atoms with Gasteiger partial charge in [0.2, 0.25) is 0 Å². The van der Waals surface area contributed by atoms with Crippen molar-refractivity contribution in [2.45, 2.75) is 45.1 Å². The van der Waals surface area contributed by atoms with Crippen LogP contribution >= 0.6 is 0 Å². The number of carbonyl (C=O) groups excluding carboxylic acids is 1. The smallest absolute Gasteiger partial charge is 0.135 e. The molecule has 0 aromatic rings. The third kappa shape index (κ3) is 2.31. The lowest BCUT2D eigenvalue weighted by molar-refractivity contribution is -0.125. The highest BCUT2D eigenvalue weighted by Crippen LogP contribution is 2.27. The molecule has 12 heavy (non-hydrogen) atoms. The first-order valence-corrected chi connectivity index (χ1v) is 4.83. The lowest BCUT2D eigenvalue weighted by Crippen LogP contribution is -2.26. The van der Waals surface area contributed by atoms with Crippen molar-refractivity contribution in [3.05, 3.63) is 0 Å². The molecular formula is C10H18O2. The summed E-state index contributed by atoms with van der Waals surface area (Å²) >= 11 is 0. The molecule has 0 radical (unpaired) electrons. The fourth-order valence-corrected chi connectivity index (χ4v) is 1.94. The van der Waals surface area contributed by atoms with Gasteiger partial charge in [-0.3, -0.25) is 4.79 Å². The van der Waals surface area contributed by atoms with Crippen LogP contribution in [0.3, 0.4) is 0 Å². The predicted octanol–water partition coefficient (Wildman–Crippen LogP) is 2.17. The molecule has 0 N–H and O–H groups in total. The summed E-state index contributed by atoms with van der Waals surface area (Å²) in [5.74, 6) is 0.699. The molecule has 2 heteroatoms. The molecule has 0 spiro atoms. The van der Waals surface area contributed by atoms with E-state index in [-0.39, 0.29) is 5.92 Å². The molecule has 1 aliphatic carbocycles. The van der Waals surface area contributed by atoms with Gasteiger partial charge in [0.1, 0.15) is 5.78 Å². The zero-order chi connectivity index (χ0) is 8.97. The van der Waals surface area contributed by atoms with E-state index in [2.05, 4.69) is 0 Å². The summed E-state index contributed by atoms with van der Waals surface area (Å²) in [7, 11) is 1.74. The SMILES string of the molecule is CCC(=O)C1CCCC(OC)C1. The van der Waals surface area contributed by atoms with Crippen LogP contribution in [0, 0.1) is 5.92 Å². The molecule has 70 valence electrons. The van der Waals surface area contributed by atoms with Gasteiger partial charge in [-0.2, -0.15) is 0 Å².